The van der Waals surface area contributed by atoms with Crippen LogP contribution in [0.5, 0.6) is 0 Å². The van der Waals surface area contributed by atoms with Gasteiger partial charge in [-0.25, -0.2) is 0 Å². The number of carbonyl (C=O) groups excluding carboxylic acids is 2. The van der Waals surface area contributed by atoms with Crippen molar-refractivity contribution in [1.82, 2.24) is 10.2 Å². The number of benzene rings is 1. The second kappa shape index (κ2) is 7.79. The molecule has 2 rings (SSSR count). The van der Waals surface area contributed by atoms with Gasteiger partial charge in [0.15, 0.2) is 6.10 Å². The van der Waals surface area contributed by atoms with Crippen molar-refractivity contribution >= 4 is 23.4 Å². The van der Waals surface area contributed by atoms with Crippen LogP contribution in [0, 0.1) is 5.92 Å². The van der Waals surface area contributed by atoms with Crippen LogP contribution < -0.4 is 5.32 Å². The molecule has 0 radical (unpaired) electrons. The van der Waals surface area contributed by atoms with E-state index in [1.165, 1.54) is 0 Å². The Hall–Kier alpha value is -1.59. The summed E-state index contributed by atoms with van der Waals surface area (Å²) >= 11 is 6.07. The molecule has 1 aliphatic rings. The molecule has 1 saturated heterocycles. The van der Waals surface area contributed by atoms with Crippen molar-refractivity contribution in [2.75, 3.05) is 26.7 Å². The molecule has 1 heterocycles. The van der Waals surface area contributed by atoms with Crippen LogP contribution in [-0.2, 0) is 14.3 Å². The fourth-order valence-corrected chi connectivity index (χ4v) is 3.08. The predicted octanol–water partition coefficient (Wildman–Crippen LogP) is 2.05. The largest absolute Gasteiger partial charge is 0.365 e. The fourth-order valence-electron chi connectivity index (χ4n) is 2.88. The lowest BCUT2D eigenvalue weighted by Gasteiger charge is -2.35. The van der Waals surface area contributed by atoms with Crippen molar-refractivity contribution in [3.05, 3.63) is 34.9 Å². The maximum Gasteiger partial charge on any atom is 0.250 e. The molecular weight excluding hydrogens is 316 g/mol. The first-order valence-electron chi connectivity index (χ1n) is 7.81. The van der Waals surface area contributed by atoms with Gasteiger partial charge in [0.1, 0.15) is 0 Å². The maximum absolute atomic E-state index is 13.0. The maximum atomic E-state index is 13.0. The van der Waals surface area contributed by atoms with Gasteiger partial charge in [-0.1, -0.05) is 37.6 Å². The van der Waals surface area contributed by atoms with Crippen molar-refractivity contribution in [3.63, 3.8) is 0 Å². The van der Waals surface area contributed by atoms with Gasteiger partial charge in [-0.2, -0.15) is 0 Å². The van der Waals surface area contributed by atoms with E-state index in [-0.39, 0.29) is 30.2 Å². The molecule has 0 saturated carbocycles. The number of morpholine rings is 1. The number of amides is 2. The molecule has 0 aliphatic carbocycles. The highest BCUT2D eigenvalue weighted by atomic mass is 35.5. The molecule has 1 aliphatic heterocycles. The smallest absolute Gasteiger partial charge is 0.250 e. The van der Waals surface area contributed by atoms with E-state index in [1.807, 2.05) is 32.0 Å². The Morgan fingerprint density at radius 1 is 1.39 bits per heavy atom. The Labute approximate surface area is 141 Å². The zero-order valence-corrected chi connectivity index (χ0v) is 14.5. The zero-order chi connectivity index (χ0) is 17.0. The Morgan fingerprint density at radius 2 is 2.13 bits per heavy atom. The third-order valence-electron chi connectivity index (χ3n) is 4.06. The zero-order valence-electron chi connectivity index (χ0n) is 13.7. The van der Waals surface area contributed by atoms with E-state index in [9.17, 15) is 9.59 Å². The van der Waals surface area contributed by atoms with Crippen molar-refractivity contribution in [2.24, 2.45) is 5.92 Å². The summed E-state index contributed by atoms with van der Waals surface area (Å²) in [5.74, 6) is -0.342. The summed E-state index contributed by atoms with van der Waals surface area (Å²) in [4.78, 5) is 26.5. The molecule has 5 nitrogen and oxygen atoms in total. The highest BCUT2D eigenvalue weighted by Gasteiger charge is 2.34. The Morgan fingerprint density at radius 3 is 2.74 bits per heavy atom. The van der Waals surface area contributed by atoms with Crippen LogP contribution in [0.15, 0.2) is 24.3 Å². The van der Waals surface area contributed by atoms with Gasteiger partial charge in [0.25, 0.3) is 5.91 Å². The predicted molar refractivity (Wildman–Crippen MR) is 89.4 cm³/mol. The number of likely N-dealkylation sites (N-methyl/N-ethyl adjacent to an activating group) is 1. The van der Waals surface area contributed by atoms with Crippen LogP contribution >= 0.6 is 11.6 Å². The van der Waals surface area contributed by atoms with E-state index in [2.05, 4.69) is 5.32 Å². The minimum atomic E-state index is -0.607. The number of nitrogens with one attached hydrogen (secondary N) is 1. The number of hydrogen-bond acceptors (Lipinski definition) is 3. The quantitative estimate of drug-likeness (QED) is 0.914. The van der Waals surface area contributed by atoms with E-state index >= 15 is 0 Å². The second-order valence-electron chi connectivity index (χ2n) is 6.03. The SMILES string of the molecule is CNC(=O)C1CN(C(=O)C(c2cccc(Cl)c2)C(C)C)CCO1. The molecule has 0 spiro atoms. The minimum absolute atomic E-state index is 0.0134. The number of carbonyl (C=O) groups is 2. The molecule has 2 amide bonds. The first-order chi connectivity index (χ1) is 10.9. The van der Waals surface area contributed by atoms with Crippen molar-refractivity contribution in [2.45, 2.75) is 25.9 Å². The molecule has 1 N–H and O–H groups in total. The summed E-state index contributed by atoms with van der Waals surface area (Å²) in [6.45, 7) is 5.17. The summed E-state index contributed by atoms with van der Waals surface area (Å²) in [5, 5.41) is 3.18. The summed E-state index contributed by atoms with van der Waals surface area (Å²) < 4.78 is 5.45. The first kappa shape index (κ1) is 17.8. The highest BCUT2D eigenvalue weighted by Crippen LogP contribution is 2.29. The standard InChI is InChI=1S/C17H23ClN2O3/c1-11(2)15(12-5-4-6-13(18)9-12)17(22)20-7-8-23-14(10-20)16(21)19-3/h4-6,9,11,14-15H,7-8,10H2,1-3H3,(H,19,21). The van der Waals surface area contributed by atoms with Crippen LogP contribution in [0.1, 0.15) is 25.3 Å². The lowest BCUT2D eigenvalue weighted by atomic mass is 9.87. The molecule has 126 valence electrons. The van der Waals surface area contributed by atoms with Crippen LogP contribution in [0.25, 0.3) is 0 Å². The van der Waals surface area contributed by atoms with E-state index < -0.39 is 6.10 Å². The normalized spacial score (nSPS) is 19.5. The highest BCUT2D eigenvalue weighted by molar-refractivity contribution is 6.30. The van der Waals surface area contributed by atoms with Crippen molar-refractivity contribution in [3.8, 4) is 0 Å². The van der Waals surface area contributed by atoms with Crippen LogP contribution in [0.4, 0.5) is 0 Å². The van der Waals surface area contributed by atoms with Gasteiger partial charge in [-0.15, -0.1) is 0 Å². The number of rotatable bonds is 4. The average Bonchev–Trinajstić information content (AvgIpc) is 2.54. The third kappa shape index (κ3) is 4.24. The molecule has 1 aromatic rings. The monoisotopic (exact) mass is 338 g/mol. The molecule has 2 atom stereocenters. The Kier molecular flexibility index (Phi) is 6.02. The third-order valence-corrected chi connectivity index (χ3v) is 4.29. The van der Waals surface area contributed by atoms with Crippen LogP contribution in [0.3, 0.4) is 0 Å². The second-order valence-corrected chi connectivity index (χ2v) is 6.47. The molecule has 1 fully saturated rings. The molecular formula is C17H23ClN2O3. The topological polar surface area (TPSA) is 58.6 Å². The van der Waals surface area contributed by atoms with Gasteiger partial charge in [0.2, 0.25) is 5.91 Å². The van der Waals surface area contributed by atoms with E-state index in [0.29, 0.717) is 18.2 Å². The minimum Gasteiger partial charge on any atom is -0.365 e. The van der Waals surface area contributed by atoms with Gasteiger partial charge in [-0.05, 0) is 23.6 Å². The molecule has 2 unspecified atom stereocenters. The average molecular weight is 339 g/mol. The van der Waals surface area contributed by atoms with E-state index in [4.69, 9.17) is 16.3 Å². The number of halogens is 1. The number of hydrogen-bond donors (Lipinski definition) is 1. The summed E-state index contributed by atoms with van der Waals surface area (Å²) in [7, 11) is 1.56. The number of ether oxygens (including phenoxy) is 1. The van der Waals surface area contributed by atoms with Gasteiger partial charge >= 0.3 is 0 Å². The lowest BCUT2D eigenvalue weighted by molar-refractivity contribution is -0.148. The summed E-state index contributed by atoms with van der Waals surface area (Å²) in [6.07, 6.45) is -0.607. The van der Waals surface area contributed by atoms with Gasteiger partial charge in [0.05, 0.1) is 19.1 Å². The fraction of sp³-hybridized carbons (Fsp3) is 0.529. The summed E-state index contributed by atoms with van der Waals surface area (Å²) in [5.41, 5.74) is 0.903. The summed E-state index contributed by atoms with van der Waals surface area (Å²) in [6, 6.07) is 7.40. The Balaban J connectivity index is 2.19. The molecule has 1 aromatic carbocycles. The van der Waals surface area contributed by atoms with Gasteiger partial charge in [-0.3, -0.25) is 9.59 Å². The van der Waals surface area contributed by atoms with Gasteiger partial charge < -0.3 is 15.0 Å². The van der Waals surface area contributed by atoms with Crippen LogP contribution in [-0.4, -0.2) is 49.6 Å². The lowest BCUT2D eigenvalue weighted by Crippen LogP contribution is -2.52. The van der Waals surface area contributed by atoms with Gasteiger partial charge in [0, 0.05) is 18.6 Å². The number of nitrogens with zero attached hydrogens (tertiary/aromatic N) is 1. The first-order valence-corrected chi connectivity index (χ1v) is 8.19. The van der Waals surface area contributed by atoms with Crippen LogP contribution in [0.2, 0.25) is 5.02 Å². The van der Waals surface area contributed by atoms with Crippen molar-refractivity contribution < 1.29 is 14.3 Å². The van der Waals surface area contributed by atoms with E-state index in [0.717, 1.165) is 5.56 Å². The molecule has 6 heteroatoms. The van der Waals surface area contributed by atoms with E-state index in [1.54, 1.807) is 18.0 Å². The molecule has 0 bridgehead atoms. The Bertz CT molecular complexity index is 577. The molecule has 0 aromatic heterocycles. The molecule has 23 heavy (non-hydrogen) atoms. The van der Waals surface area contributed by atoms with Crippen molar-refractivity contribution in [1.29, 1.82) is 0 Å².